The highest BCUT2D eigenvalue weighted by molar-refractivity contribution is 5.79. The van der Waals surface area contributed by atoms with Gasteiger partial charge in [0, 0.05) is 30.8 Å². The number of benzene rings is 2. The predicted octanol–water partition coefficient (Wildman–Crippen LogP) is 4.02. The van der Waals surface area contributed by atoms with Crippen molar-refractivity contribution in [3.05, 3.63) is 77.9 Å². The number of aromatic nitrogens is 2. The number of carbonyl (C=O) groups excluding carboxylic acids is 1. The zero-order valence-electron chi connectivity index (χ0n) is 17.5. The van der Waals surface area contributed by atoms with Crippen LogP contribution in [0.5, 0.6) is 0 Å². The van der Waals surface area contributed by atoms with Crippen molar-refractivity contribution in [1.29, 1.82) is 0 Å². The first-order valence-corrected chi connectivity index (χ1v) is 10.1. The largest absolute Gasteiger partial charge is 0.449 e. The summed E-state index contributed by atoms with van der Waals surface area (Å²) in [7, 11) is 1.86. The highest BCUT2D eigenvalue weighted by Crippen LogP contribution is 2.44. The fourth-order valence-electron chi connectivity index (χ4n) is 4.11. The molecule has 0 fully saturated rings. The van der Waals surface area contributed by atoms with Crippen molar-refractivity contribution in [2.24, 2.45) is 12.5 Å². The third-order valence-corrected chi connectivity index (χ3v) is 5.91. The van der Waals surface area contributed by atoms with Crippen LogP contribution in [-0.4, -0.2) is 34.0 Å². The van der Waals surface area contributed by atoms with E-state index in [1.165, 1.54) is 22.3 Å². The summed E-state index contributed by atoms with van der Waals surface area (Å²) in [6, 6.07) is 16.0. The maximum Gasteiger partial charge on any atom is 0.407 e. The lowest BCUT2D eigenvalue weighted by molar-refractivity contribution is 0.0930. The van der Waals surface area contributed by atoms with Gasteiger partial charge in [0.2, 0.25) is 0 Å². The molecule has 0 radical (unpaired) electrons. The molecule has 1 amide bonds. The lowest BCUT2D eigenvalue weighted by Gasteiger charge is -2.32. The molecule has 0 bridgehead atoms. The normalized spacial score (nSPS) is 14.1. The Morgan fingerprint density at radius 3 is 2.30 bits per heavy atom. The Bertz CT molecular complexity index is 1010. The summed E-state index contributed by atoms with van der Waals surface area (Å²) in [5, 5.41) is 12.8. The van der Waals surface area contributed by atoms with Gasteiger partial charge >= 0.3 is 6.09 Å². The lowest BCUT2D eigenvalue weighted by atomic mass is 9.84. The van der Waals surface area contributed by atoms with Gasteiger partial charge in [-0.25, -0.2) is 9.78 Å². The first-order chi connectivity index (χ1) is 14.4. The Balaban J connectivity index is 1.51. The summed E-state index contributed by atoms with van der Waals surface area (Å²) in [5.41, 5.74) is 4.11. The molecule has 1 unspecified atom stereocenters. The molecule has 1 aromatic heterocycles. The standard InChI is InChI=1S/C24H27N3O3/c1-24(2,15-28)21(22-25-12-13-27(22)3)26-23(29)30-14-20-18-10-6-4-8-16(18)17-9-5-7-11-19(17)20/h4-13,20-21,28H,14-15H2,1-3H3,(H,26,29). The zero-order chi connectivity index (χ0) is 21.3. The van der Waals surface area contributed by atoms with Crippen molar-refractivity contribution in [2.75, 3.05) is 13.2 Å². The number of nitrogens with one attached hydrogen (secondary N) is 1. The molecule has 3 aromatic rings. The van der Waals surface area contributed by atoms with Crippen LogP contribution in [0.3, 0.4) is 0 Å². The molecular formula is C24H27N3O3. The second-order valence-electron chi connectivity index (χ2n) is 8.45. The second-order valence-corrected chi connectivity index (χ2v) is 8.45. The number of aliphatic hydroxyl groups excluding tert-OH is 1. The molecule has 1 aliphatic rings. The van der Waals surface area contributed by atoms with Crippen molar-refractivity contribution >= 4 is 6.09 Å². The number of hydrogen-bond donors (Lipinski definition) is 2. The van der Waals surface area contributed by atoms with Crippen LogP contribution >= 0.6 is 0 Å². The number of hydrogen-bond acceptors (Lipinski definition) is 4. The van der Waals surface area contributed by atoms with Crippen LogP contribution in [0, 0.1) is 5.41 Å². The van der Waals surface area contributed by atoms with Gasteiger partial charge in [-0.1, -0.05) is 62.4 Å². The molecule has 0 saturated carbocycles. The predicted molar refractivity (Wildman–Crippen MR) is 115 cm³/mol. The van der Waals surface area contributed by atoms with E-state index in [9.17, 15) is 9.90 Å². The molecule has 4 rings (SSSR count). The lowest BCUT2D eigenvalue weighted by Crippen LogP contribution is -2.41. The minimum absolute atomic E-state index is 0.000568. The van der Waals surface area contributed by atoms with E-state index < -0.39 is 17.6 Å². The molecule has 2 N–H and O–H groups in total. The number of aliphatic hydroxyl groups is 1. The van der Waals surface area contributed by atoms with E-state index in [1.54, 1.807) is 6.20 Å². The van der Waals surface area contributed by atoms with Crippen LogP contribution in [0.1, 0.15) is 42.8 Å². The molecule has 1 heterocycles. The van der Waals surface area contributed by atoms with Gasteiger partial charge in [0.25, 0.3) is 0 Å². The van der Waals surface area contributed by atoms with Gasteiger partial charge in [-0.3, -0.25) is 0 Å². The quantitative estimate of drug-likeness (QED) is 0.649. The first kappa shape index (κ1) is 20.2. The minimum atomic E-state index is -0.606. The number of ether oxygens (including phenoxy) is 1. The van der Waals surface area contributed by atoms with Gasteiger partial charge in [0.05, 0.1) is 12.6 Å². The number of imidazole rings is 1. The molecule has 1 atom stereocenters. The van der Waals surface area contributed by atoms with Crippen molar-refractivity contribution in [2.45, 2.75) is 25.8 Å². The van der Waals surface area contributed by atoms with Crippen molar-refractivity contribution < 1.29 is 14.6 Å². The van der Waals surface area contributed by atoms with E-state index in [0.29, 0.717) is 5.82 Å². The van der Waals surface area contributed by atoms with E-state index >= 15 is 0 Å². The van der Waals surface area contributed by atoms with Crippen molar-refractivity contribution in [1.82, 2.24) is 14.9 Å². The van der Waals surface area contributed by atoms with Gasteiger partial charge in [0.15, 0.2) is 0 Å². The summed E-state index contributed by atoms with van der Waals surface area (Å²) >= 11 is 0. The Morgan fingerprint density at radius 1 is 1.17 bits per heavy atom. The fraction of sp³-hybridized carbons (Fsp3) is 0.333. The topological polar surface area (TPSA) is 76.4 Å². The van der Waals surface area contributed by atoms with Gasteiger partial charge < -0.3 is 19.7 Å². The number of carbonyl (C=O) groups is 1. The van der Waals surface area contributed by atoms with E-state index in [0.717, 1.165) is 0 Å². The number of aryl methyl sites for hydroxylation is 1. The summed E-state index contributed by atoms with van der Waals surface area (Å²) in [4.78, 5) is 17.1. The van der Waals surface area contributed by atoms with Gasteiger partial charge in [-0.05, 0) is 22.3 Å². The monoisotopic (exact) mass is 405 g/mol. The summed E-state index contributed by atoms with van der Waals surface area (Å²) in [6.07, 6.45) is 2.97. The molecule has 156 valence electrons. The van der Waals surface area contributed by atoms with Crippen LogP contribution in [0.25, 0.3) is 11.1 Å². The maximum absolute atomic E-state index is 12.8. The molecular weight excluding hydrogens is 378 g/mol. The average molecular weight is 405 g/mol. The van der Waals surface area contributed by atoms with E-state index in [-0.39, 0.29) is 19.1 Å². The Morgan fingerprint density at radius 2 is 1.77 bits per heavy atom. The second kappa shape index (κ2) is 7.95. The number of fused-ring (bicyclic) bond motifs is 3. The van der Waals surface area contributed by atoms with Gasteiger partial charge in [-0.15, -0.1) is 0 Å². The SMILES string of the molecule is Cn1ccnc1C(NC(=O)OCC1c2ccccc2-c2ccccc21)C(C)(C)CO. The van der Waals surface area contributed by atoms with E-state index in [2.05, 4.69) is 34.6 Å². The molecule has 0 spiro atoms. The van der Waals surface area contributed by atoms with Crippen LogP contribution < -0.4 is 5.32 Å². The third-order valence-electron chi connectivity index (χ3n) is 5.91. The van der Waals surface area contributed by atoms with Crippen LogP contribution in [-0.2, 0) is 11.8 Å². The molecule has 6 heteroatoms. The molecule has 1 aliphatic carbocycles. The molecule has 0 aliphatic heterocycles. The van der Waals surface area contributed by atoms with Crippen molar-refractivity contribution in [3.8, 4) is 11.1 Å². The first-order valence-electron chi connectivity index (χ1n) is 10.1. The van der Waals surface area contributed by atoms with Crippen molar-refractivity contribution in [3.63, 3.8) is 0 Å². The molecule has 30 heavy (non-hydrogen) atoms. The Hall–Kier alpha value is -3.12. The fourth-order valence-corrected chi connectivity index (χ4v) is 4.11. The summed E-state index contributed by atoms with van der Waals surface area (Å²) in [5.74, 6) is 0.670. The Kier molecular flexibility index (Phi) is 5.35. The van der Waals surface area contributed by atoms with Crippen LogP contribution in [0.2, 0.25) is 0 Å². The summed E-state index contributed by atoms with van der Waals surface area (Å²) in [6.45, 7) is 3.91. The van der Waals surface area contributed by atoms with Crippen LogP contribution in [0.4, 0.5) is 4.79 Å². The number of nitrogens with zero attached hydrogens (tertiary/aromatic N) is 2. The highest BCUT2D eigenvalue weighted by Gasteiger charge is 2.35. The number of rotatable bonds is 6. The molecule has 0 saturated heterocycles. The molecule has 2 aromatic carbocycles. The van der Waals surface area contributed by atoms with E-state index in [4.69, 9.17) is 4.74 Å². The Labute approximate surface area is 176 Å². The maximum atomic E-state index is 12.8. The highest BCUT2D eigenvalue weighted by atomic mass is 16.5. The minimum Gasteiger partial charge on any atom is -0.449 e. The van der Waals surface area contributed by atoms with E-state index in [1.807, 2.05) is 55.9 Å². The molecule has 6 nitrogen and oxygen atoms in total. The average Bonchev–Trinajstić information content (AvgIpc) is 3.31. The number of amides is 1. The van der Waals surface area contributed by atoms with Gasteiger partial charge in [-0.2, -0.15) is 0 Å². The number of alkyl carbamates (subject to hydrolysis) is 1. The zero-order valence-corrected chi connectivity index (χ0v) is 17.5. The smallest absolute Gasteiger partial charge is 0.407 e. The van der Waals surface area contributed by atoms with Crippen LogP contribution in [0.15, 0.2) is 60.9 Å². The third kappa shape index (κ3) is 3.59. The van der Waals surface area contributed by atoms with Gasteiger partial charge in [0.1, 0.15) is 12.4 Å². The summed E-state index contributed by atoms with van der Waals surface area (Å²) < 4.78 is 7.52.